The van der Waals surface area contributed by atoms with Crippen LogP contribution < -0.4 is 5.32 Å². The van der Waals surface area contributed by atoms with Gasteiger partial charge in [-0.25, -0.2) is 9.98 Å². The fourth-order valence-corrected chi connectivity index (χ4v) is 4.45. The Hall–Kier alpha value is -1.68. The lowest BCUT2D eigenvalue weighted by atomic mass is 9.90. The standard InChI is InChI=1S/C23H33N5OS.HI/c1-4-24-23(27(3)16-21-17-30-18(2)26-21)25-15-22(29)28-12-10-20(11-13-28)14-19-8-6-5-7-9-19;/h5-9,17,20H,4,10-16H2,1-3H3,(H,24,25);1H. The molecular weight excluding hydrogens is 521 g/mol. The SMILES string of the molecule is CCNC(=NCC(=O)N1CCC(Cc2ccccc2)CC1)N(C)Cc1csc(C)n1.I. The molecule has 0 unspecified atom stereocenters. The number of benzene rings is 1. The molecule has 1 N–H and O–H groups in total. The Kier molecular flexibility index (Phi) is 10.7. The van der Waals surface area contributed by atoms with Crippen LogP contribution in [0.25, 0.3) is 0 Å². The van der Waals surface area contributed by atoms with Gasteiger partial charge in [0.05, 0.1) is 17.2 Å². The normalized spacial score (nSPS) is 14.8. The van der Waals surface area contributed by atoms with Crippen LogP contribution in [0, 0.1) is 12.8 Å². The van der Waals surface area contributed by atoms with Gasteiger partial charge >= 0.3 is 0 Å². The predicted octanol–water partition coefficient (Wildman–Crippen LogP) is 3.95. The van der Waals surface area contributed by atoms with E-state index < -0.39 is 0 Å². The van der Waals surface area contributed by atoms with Crippen LogP contribution in [-0.2, 0) is 17.8 Å². The summed E-state index contributed by atoms with van der Waals surface area (Å²) in [5, 5.41) is 6.41. The fourth-order valence-electron chi connectivity index (χ4n) is 3.84. The number of thiazole rings is 1. The second-order valence-electron chi connectivity index (χ2n) is 7.90. The van der Waals surface area contributed by atoms with Crippen LogP contribution in [-0.4, -0.2) is 59.9 Å². The summed E-state index contributed by atoms with van der Waals surface area (Å²) in [4.78, 5) is 25.8. The van der Waals surface area contributed by atoms with Crippen LogP contribution in [0.15, 0.2) is 40.7 Å². The maximum absolute atomic E-state index is 12.7. The number of carbonyl (C=O) groups excluding carboxylic acids is 1. The van der Waals surface area contributed by atoms with Crippen molar-refractivity contribution < 1.29 is 4.79 Å². The predicted molar refractivity (Wildman–Crippen MR) is 139 cm³/mol. The van der Waals surface area contributed by atoms with Crippen LogP contribution in [0.5, 0.6) is 0 Å². The van der Waals surface area contributed by atoms with E-state index in [1.165, 1.54) is 5.56 Å². The highest BCUT2D eigenvalue weighted by Gasteiger charge is 2.23. The molecule has 1 aliphatic rings. The van der Waals surface area contributed by atoms with E-state index in [1.807, 2.05) is 30.7 Å². The van der Waals surface area contributed by atoms with E-state index in [-0.39, 0.29) is 36.4 Å². The fraction of sp³-hybridized carbons (Fsp3) is 0.522. The van der Waals surface area contributed by atoms with E-state index in [4.69, 9.17) is 0 Å². The molecule has 1 fully saturated rings. The van der Waals surface area contributed by atoms with Gasteiger partial charge in [0.15, 0.2) is 5.96 Å². The number of halogens is 1. The molecule has 1 aromatic heterocycles. The van der Waals surface area contributed by atoms with Crippen molar-refractivity contribution in [3.05, 3.63) is 52.0 Å². The molecule has 8 heteroatoms. The second kappa shape index (κ2) is 13.0. The van der Waals surface area contributed by atoms with Crippen molar-refractivity contribution in [1.82, 2.24) is 20.1 Å². The maximum Gasteiger partial charge on any atom is 0.244 e. The molecule has 2 aromatic rings. The lowest BCUT2D eigenvalue weighted by Gasteiger charge is -2.32. The molecule has 3 rings (SSSR count). The number of piperidine rings is 1. The number of rotatable bonds is 7. The van der Waals surface area contributed by atoms with E-state index >= 15 is 0 Å². The summed E-state index contributed by atoms with van der Waals surface area (Å²) in [6.07, 6.45) is 3.23. The summed E-state index contributed by atoms with van der Waals surface area (Å²) in [5.74, 6) is 1.52. The molecule has 2 heterocycles. The average Bonchev–Trinajstić information content (AvgIpc) is 3.16. The van der Waals surface area contributed by atoms with Gasteiger partial charge in [-0.15, -0.1) is 35.3 Å². The number of amides is 1. The third-order valence-corrected chi connectivity index (χ3v) is 6.28. The topological polar surface area (TPSA) is 60.8 Å². The molecule has 0 bridgehead atoms. The van der Waals surface area contributed by atoms with Crippen LogP contribution in [0.3, 0.4) is 0 Å². The summed E-state index contributed by atoms with van der Waals surface area (Å²) in [6.45, 7) is 7.33. The molecule has 0 saturated carbocycles. The number of aryl methyl sites for hydroxylation is 1. The van der Waals surface area contributed by atoms with Crippen molar-refractivity contribution in [2.75, 3.05) is 33.2 Å². The maximum atomic E-state index is 12.7. The van der Waals surface area contributed by atoms with Gasteiger partial charge in [0.2, 0.25) is 5.91 Å². The lowest BCUT2D eigenvalue weighted by molar-refractivity contribution is -0.131. The Bertz CT molecular complexity index is 834. The Labute approximate surface area is 207 Å². The van der Waals surface area contributed by atoms with E-state index in [0.29, 0.717) is 12.5 Å². The monoisotopic (exact) mass is 555 g/mol. The molecule has 170 valence electrons. The number of hydrogen-bond acceptors (Lipinski definition) is 4. The molecule has 1 aliphatic heterocycles. The lowest BCUT2D eigenvalue weighted by Crippen LogP contribution is -2.42. The van der Waals surface area contributed by atoms with Crippen molar-refractivity contribution >= 4 is 47.2 Å². The smallest absolute Gasteiger partial charge is 0.244 e. The van der Waals surface area contributed by atoms with E-state index in [2.05, 4.69) is 51.0 Å². The van der Waals surface area contributed by atoms with Crippen molar-refractivity contribution in [2.45, 2.75) is 39.7 Å². The van der Waals surface area contributed by atoms with Crippen molar-refractivity contribution in [1.29, 1.82) is 0 Å². The second-order valence-corrected chi connectivity index (χ2v) is 8.96. The number of aliphatic imine (C=N–C) groups is 1. The summed E-state index contributed by atoms with van der Waals surface area (Å²) in [6, 6.07) is 10.6. The molecule has 0 aliphatic carbocycles. The quantitative estimate of drug-likeness (QED) is 0.320. The minimum atomic E-state index is 0. The first-order valence-electron chi connectivity index (χ1n) is 10.8. The number of carbonyl (C=O) groups is 1. The average molecular weight is 556 g/mol. The van der Waals surface area contributed by atoms with Crippen LogP contribution in [0.1, 0.15) is 36.0 Å². The van der Waals surface area contributed by atoms with Gasteiger partial charge in [-0.3, -0.25) is 4.79 Å². The first kappa shape index (κ1) is 25.6. The first-order valence-corrected chi connectivity index (χ1v) is 11.6. The van der Waals surface area contributed by atoms with Gasteiger partial charge < -0.3 is 15.1 Å². The molecule has 1 amide bonds. The van der Waals surface area contributed by atoms with Gasteiger partial charge in [-0.1, -0.05) is 30.3 Å². The van der Waals surface area contributed by atoms with Gasteiger partial charge in [0, 0.05) is 32.1 Å². The number of nitrogens with one attached hydrogen (secondary N) is 1. The number of aromatic nitrogens is 1. The number of likely N-dealkylation sites (tertiary alicyclic amines) is 1. The van der Waals surface area contributed by atoms with Crippen molar-refractivity contribution in [2.24, 2.45) is 10.9 Å². The summed E-state index contributed by atoms with van der Waals surface area (Å²) < 4.78 is 0. The largest absolute Gasteiger partial charge is 0.357 e. The first-order chi connectivity index (χ1) is 14.5. The van der Waals surface area contributed by atoms with Crippen LogP contribution >= 0.6 is 35.3 Å². The zero-order valence-corrected chi connectivity index (χ0v) is 21.9. The number of guanidine groups is 1. The van der Waals surface area contributed by atoms with Gasteiger partial charge in [0.25, 0.3) is 0 Å². The molecule has 0 spiro atoms. The summed E-state index contributed by atoms with van der Waals surface area (Å²) >= 11 is 1.65. The summed E-state index contributed by atoms with van der Waals surface area (Å²) in [7, 11) is 1.98. The molecule has 1 aromatic carbocycles. The Morgan fingerprint density at radius 2 is 2.00 bits per heavy atom. The Balaban J connectivity index is 0.00000341. The van der Waals surface area contributed by atoms with E-state index in [1.54, 1.807) is 11.3 Å². The van der Waals surface area contributed by atoms with E-state index in [0.717, 1.165) is 55.6 Å². The molecule has 0 radical (unpaired) electrons. The molecular formula is C23H34IN5OS. The zero-order valence-electron chi connectivity index (χ0n) is 18.7. The van der Waals surface area contributed by atoms with Crippen LogP contribution in [0.4, 0.5) is 0 Å². The van der Waals surface area contributed by atoms with Gasteiger partial charge in [0.1, 0.15) is 6.54 Å². The third kappa shape index (κ3) is 8.07. The van der Waals surface area contributed by atoms with E-state index in [9.17, 15) is 4.79 Å². The highest BCUT2D eigenvalue weighted by Crippen LogP contribution is 2.21. The highest BCUT2D eigenvalue weighted by molar-refractivity contribution is 14.0. The van der Waals surface area contributed by atoms with Gasteiger partial charge in [-0.2, -0.15) is 0 Å². The van der Waals surface area contributed by atoms with Gasteiger partial charge in [-0.05, 0) is 44.6 Å². The molecule has 31 heavy (non-hydrogen) atoms. The van der Waals surface area contributed by atoms with Crippen LogP contribution in [0.2, 0.25) is 0 Å². The summed E-state index contributed by atoms with van der Waals surface area (Å²) in [5.41, 5.74) is 2.41. The Morgan fingerprint density at radius 3 is 2.61 bits per heavy atom. The molecule has 6 nitrogen and oxygen atoms in total. The van der Waals surface area contributed by atoms with Crippen molar-refractivity contribution in [3.8, 4) is 0 Å². The Morgan fingerprint density at radius 1 is 1.29 bits per heavy atom. The third-order valence-electron chi connectivity index (χ3n) is 5.46. The number of nitrogens with zero attached hydrogens (tertiary/aromatic N) is 4. The minimum Gasteiger partial charge on any atom is -0.357 e. The minimum absolute atomic E-state index is 0. The zero-order chi connectivity index (χ0) is 21.3. The molecule has 0 atom stereocenters. The highest BCUT2D eigenvalue weighted by atomic mass is 127. The molecule has 1 saturated heterocycles. The van der Waals surface area contributed by atoms with Crippen molar-refractivity contribution in [3.63, 3.8) is 0 Å². The number of hydrogen-bond donors (Lipinski definition) is 1.